The van der Waals surface area contributed by atoms with E-state index < -0.39 is 11.0 Å². The van der Waals surface area contributed by atoms with Gasteiger partial charge in [0.1, 0.15) is 11.7 Å². The number of anilines is 2. The van der Waals surface area contributed by atoms with Crippen LogP contribution in [-0.4, -0.2) is 39.0 Å². The molecule has 130 valence electrons. The highest BCUT2D eigenvalue weighted by Gasteiger charge is 2.34. The molecule has 1 atom stereocenters. The number of ketones is 1. The van der Waals surface area contributed by atoms with Crippen LogP contribution >= 0.6 is 0 Å². The molecule has 1 aromatic carbocycles. The largest absolute Gasteiger partial charge is 0.368 e. The highest BCUT2D eigenvalue weighted by molar-refractivity contribution is 6.01. The number of nitrogens with one attached hydrogen (secondary N) is 1. The summed E-state index contributed by atoms with van der Waals surface area (Å²) in [5.41, 5.74) is 0.951. The lowest BCUT2D eigenvalue weighted by atomic mass is 10.1. The fraction of sp³-hybridized carbons (Fsp3) is 0.312. The van der Waals surface area contributed by atoms with Crippen molar-refractivity contribution in [3.63, 3.8) is 0 Å². The number of aryl methyl sites for hydroxylation is 1. The normalized spacial score (nSPS) is 17.0. The van der Waals surface area contributed by atoms with E-state index in [0.717, 1.165) is 0 Å². The summed E-state index contributed by atoms with van der Waals surface area (Å²) in [6.45, 7) is 1.85. The van der Waals surface area contributed by atoms with Gasteiger partial charge in [-0.05, 0) is 25.5 Å². The number of nitro benzene ring substituents is 1. The Morgan fingerprint density at radius 2 is 2.20 bits per heavy atom. The average Bonchev–Trinajstić information content (AvgIpc) is 3.14. The number of hydrogen-bond donors (Lipinski definition) is 1. The summed E-state index contributed by atoms with van der Waals surface area (Å²) in [5.74, 6) is -0.424. The average molecular weight is 343 g/mol. The fourth-order valence-electron chi connectivity index (χ4n) is 2.83. The van der Waals surface area contributed by atoms with Gasteiger partial charge in [0.15, 0.2) is 5.78 Å². The summed E-state index contributed by atoms with van der Waals surface area (Å²) in [6.07, 6.45) is 3.86. The predicted molar refractivity (Wildman–Crippen MR) is 90.7 cm³/mol. The van der Waals surface area contributed by atoms with Gasteiger partial charge in [-0.2, -0.15) is 5.10 Å². The zero-order valence-corrected chi connectivity index (χ0v) is 13.8. The summed E-state index contributed by atoms with van der Waals surface area (Å²) in [5, 5.41) is 18.3. The maximum absolute atomic E-state index is 12.6. The molecule has 0 radical (unpaired) electrons. The van der Waals surface area contributed by atoms with Crippen molar-refractivity contribution in [2.75, 3.05) is 16.8 Å². The van der Waals surface area contributed by atoms with Crippen LogP contribution in [0.2, 0.25) is 0 Å². The number of aromatic nitrogens is 2. The molecule has 0 aliphatic carbocycles. The Morgan fingerprint density at radius 3 is 2.80 bits per heavy atom. The molecule has 1 amide bonds. The molecule has 1 fully saturated rings. The number of nitro groups is 1. The molecule has 2 heterocycles. The van der Waals surface area contributed by atoms with Crippen molar-refractivity contribution in [3.05, 3.63) is 46.3 Å². The van der Waals surface area contributed by atoms with Crippen LogP contribution in [0.4, 0.5) is 17.1 Å². The molecule has 9 nitrogen and oxygen atoms in total. The summed E-state index contributed by atoms with van der Waals surface area (Å²) in [6, 6.07) is 3.63. The molecule has 1 unspecified atom stereocenters. The Balaban J connectivity index is 1.82. The van der Waals surface area contributed by atoms with E-state index in [1.165, 1.54) is 25.1 Å². The number of nitrogens with zero attached hydrogens (tertiary/aromatic N) is 4. The summed E-state index contributed by atoms with van der Waals surface area (Å²) >= 11 is 0. The highest BCUT2D eigenvalue weighted by Crippen LogP contribution is 2.29. The topological polar surface area (TPSA) is 110 Å². The van der Waals surface area contributed by atoms with Gasteiger partial charge in [0.05, 0.1) is 16.8 Å². The molecule has 1 aliphatic rings. The minimum atomic E-state index is -0.568. The molecular formula is C16H17N5O4. The van der Waals surface area contributed by atoms with Gasteiger partial charge < -0.3 is 10.2 Å². The van der Waals surface area contributed by atoms with Crippen LogP contribution in [0.15, 0.2) is 30.6 Å². The monoisotopic (exact) mass is 343 g/mol. The van der Waals surface area contributed by atoms with Gasteiger partial charge >= 0.3 is 0 Å². The summed E-state index contributed by atoms with van der Waals surface area (Å²) < 4.78 is 1.61. The van der Waals surface area contributed by atoms with Gasteiger partial charge in [0, 0.05) is 31.4 Å². The number of rotatable bonds is 5. The standard InChI is InChI=1S/C16H17N5O4/c1-10(22)11-3-4-13(15(7-11)21(24)25)18-14-5-6-20(16(14)23)12-8-17-19(2)9-12/h3-4,7-9,14,18H,5-6H2,1-2H3. The van der Waals surface area contributed by atoms with Crippen molar-refractivity contribution in [3.8, 4) is 0 Å². The first-order valence-corrected chi connectivity index (χ1v) is 7.73. The van der Waals surface area contributed by atoms with Gasteiger partial charge in [-0.1, -0.05) is 0 Å². The lowest BCUT2D eigenvalue weighted by Gasteiger charge is -2.16. The third-order valence-electron chi connectivity index (χ3n) is 4.14. The lowest BCUT2D eigenvalue weighted by Crippen LogP contribution is -2.33. The van der Waals surface area contributed by atoms with Crippen LogP contribution in [0.5, 0.6) is 0 Å². The number of carbonyl (C=O) groups is 2. The van der Waals surface area contributed by atoms with Crippen LogP contribution < -0.4 is 10.2 Å². The Morgan fingerprint density at radius 1 is 1.44 bits per heavy atom. The van der Waals surface area contributed by atoms with Crippen LogP contribution in [0, 0.1) is 10.1 Å². The molecule has 3 rings (SSSR count). The van der Waals surface area contributed by atoms with E-state index in [4.69, 9.17) is 0 Å². The maximum atomic E-state index is 12.6. The van der Waals surface area contributed by atoms with Gasteiger partial charge in [-0.3, -0.25) is 24.4 Å². The third kappa shape index (κ3) is 3.21. The number of hydrogen-bond acceptors (Lipinski definition) is 6. The predicted octanol–water partition coefficient (Wildman–Crippen LogP) is 1.75. The number of Topliss-reactive ketones (excluding diaryl/α,β-unsaturated/α-hetero) is 1. The lowest BCUT2D eigenvalue weighted by molar-refractivity contribution is -0.384. The van der Waals surface area contributed by atoms with Crippen molar-refractivity contribution < 1.29 is 14.5 Å². The van der Waals surface area contributed by atoms with Crippen molar-refractivity contribution >= 4 is 28.8 Å². The first kappa shape index (κ1) is 16.6. The van der Waals surface area contributed by atoms with Crippen molar-refractivity contribution in [1.82, 2.24) is 9.78 Å². The minimum Gasteiger partial charge on any atom is -0.368 e. The smallest absolute Gasteiger partial charge is 0.293 e. The molecule has 9 heteroatoms. The number of benzene rings is 1. The van der Waals surface area contributed by atoms with Crippen molar-refractivity contribution in [2.45, 2.75) is 19.4 Å². The third-order valence-corrected chi connectivity index (χ3v) is 4.14. The summed E-state index contributed by atoms with van der Waals surface area (Å²) in [4.78, 5) is 36.3. The molecule has 1 aliphatic heterocycles. The first-order valence-electron chi connectivity index (χ1n) is 7.73. The van der Waals surface area contributed by atoms with Crippen LogP contribution in [0.1, 0.15) is 23.7 Å². The second kappa shape index (κ2) is 6.34. The molecular weight excluding hydrogens is 326 g/mol. The van der Waals surface area contributed by atoms with Gasteiger partial charge in [0.2, 0.25) is 5.91 Å². The molecule has 0 saturated carbocycles. The Bertz CT molecular complexity index is 860. The quantitative estimate of drug-likeness (QED) is 0.503. The zero-order valence-electron chi connectivity index (χ0n) is 13.8. The van der Waals surface area contributed by atoms with Gasteiger partial charge in [-0.15, -0.1) is 0 Å². The Labute approximate surface area is 143 Å². The molecule has 0 spiro atoms. The minimum absolute atomic E-state index is 0.169. The second-order valence-corrected chi connectivity index (χ2v) is 5.89. The maximum Gasteiger partial charge on any atom is 0.293 e. The molecule has 1 saturated heterocycles. The SMILES string of the molecule is CC(=O)c1ccc(NC2CCN(c3cnn(C)c3)C2=O)c([N+](=O)[O-])c1. The van der Waals surface area contributed by atoms with Gasteiger partial charge in [0.25, 0.3) is 5.69 Å². The molecule has 1 aromatic heterocycles. The van der Waals surface area contributed by atoms with E-state index in [2.05, 4.69) is 10.4 Å². The van der Waals surface area contributed by atoms with E-state index in [9.17, 15) is 19.7 Å². The summed E-state index contributed by atoms with van der Waals surface area (Å²) in [7, 11) is 1.76. The zero-order chi connectivity index (χ0) is 18.1. The van der Waals surface area contributed by atoms with E-state index in [0.29, 0.717) is 18.7 Å². The molecule has 2 aromatic rings. The van der Waals surface area contributed by atoms with Crippen LogP contribution in [0.25, 0.3) is 0 Å². The first-order chi connectivity index (χ1) is 11.9. The second-order valence-electron chi connectivity index (χ2n) is 5.89. The van der Waals surface area contributed by atoms with E-state index >= 15 is 0 Å². The van der Waals surface area contributed by atoms with Crippen molar-refractivity contribution in [1.29, 1.82) is 0 Å². The van der Waals surface area contributed by atoms with E-state index in [-0.39, 0.29) is 28.6 Å². The molecule has 0 bridgehead atoms. The van der Waals surface area contributed by atoms with Crippen LogP contribution in [-0.2, 0) is 11.8 Å². The van der Waals surface area contributed by atoms with E-state index in [1.54, 1.807) is 29.0 Å². The van der Waals surface area contributed by atoms with Gasteiger partial charge in [-0.25, -0.2) is 0 Å². The number of amides is 1. The highest BCUT2D eigenvalue weighted by atomic mass is 16.6. The number of carbonyl (C=O) groups excluding carboxylic acids is 2. The van der Waals surface area contributed by atoms with Crippen molar-refractivity contribution in [2.24, 2.45) is 7.05 Å². The Hall–Kier alpha value is -3.23. The fourth-order valence-corrected chi connectivity index (χ4v) is 2.83. The molecule has 25 heavy (non-hydrogen) atoms. The van der Waals surface area contributed by atoms with E-state index in [1.807, 2.05) is 0 Å². The van der Waals surface area contributed by atoms with Crippen LogP contribution in [0.3, 0.4) is 0 Å². The molecule has 1 N–H and O–H groups in total. The Kier molecular flexibility index (Phi) is 4.22.